The highest BCUT2D eigenvalue weighted by atomic mass is 32.2. The first kappa shape index (κ1) is 22.8. The highest BCUT2D eigenvalue weighted by Crippen LogP contribution is 2.51. The van der Waals surface area contributed by atoms with Crippen LogP contribution in [0.1, 0.15) is 43.7 Å². The number of methoxy groups -OCH3 is 2. The van der Waals surface area contributed by atoms with Crippen LogP contribution in [0.25, 0.3) is 0 Å². The van der Waals surface area contributed by atoms with Crippen LogP contribution in [0.15, 0.2) is 39.0 Å². The summed E-state index contributed by atoms with van der Waals surface area (Å²) in [6.07, 6.45) is 4.58. The molecule has 2 N–H and O–H groups in total. The average molecular weight is 428 g/mol. The lowest BCUT2D eigenvalue weighted by atomic mass is 10.1. The van der Waals surface area contributed by atoms with Gasteiger partial charge < -0.3 is 15.2 Å². The van der Waals surface area contributed by atoms with Gasteiger partial charge in [-0.3, -0.25) is 0 Å². The Labute approximate surface area is 181 Å². The van der Waals surface area contributed by atoms with Crippen molar-refractivity contribution >= 4 is 29.2 Å². The summed E-state index contributed by atoms with van der Waals surface area (Å²) >= 11 is 3.05. The van der Waals surface area contributed by atoms with Gasteiger partial charge in [-0.2, -0.15) is 10.5 Å². The molecule has 0 atom stereocenters. The Hall–Kier alpha value is -2.48. The Kier molecular flexibility index (Phi) is 9.05. The lowest BCUT2D eigenvalue weighted by Crippen LogP contribution is -2.02. The second kappa shape index (κ2) is 11.5. The molecule has 0 bridgehead atoms. The summed E-state index contributed by atoms with van der Waals surface area (Å²) in [5.41, 5.74) is 7.17. The molecule has 2 aromatic carbocycles. The topological polar surface area (TPSA) is 92.1 Å². The first-order chi connectivity index (χ1) is 14.1. The molecular weight excluding hydrogens is 402 g/mol. The number of ether oxygens (including phenoxy) is 2. The standard InChI is InChI=1S/C22H25N3O2S2/c1-4-5-6-9-12-28-21-19(26-2)15(13-23)16(14-24)20(27-3)22(21)29-18-11-8-7-10-17(18)25/h7-8,10-11H,4-6,9,12,25H2,1-3H3. The average Bonchev–Trinajstić information content (AvgIpc) is 2.74. The van der Waals surface area contributed by atoms with E-state index in [0.717, 1.165) is 33.3 Å². The van der Waals surface area contributed by atoms with Crippen LogP contribution >= 0.6 is 23.5 Å². The molecule has 0 aliphatic heterocycles. The van der Waals surface area contributed by atoms with Gasteiger partial charge in [0.15, 0.2) is 11.5 Å². The quantitative estimate of drug-likeness (QED) is 0.289. The third kappa shape index (κ3) is 5.32. The van der Waals surface area contributed by atoms with E-state index in [2.05, 4.69) is 19.1 Å². The highest BCUT2D eigenvalue weighted by molar-refractivity contribution is 8.02. The molecular formula is C22H25N3O2S2. The molecule has 2 rings (SSSR count). The number of nitrogens with zero attached hydrogens (tertiary/aromatic N) is 2. The molecule has 0 aromatic heterocycles. The lowest BCUT2D eigenvalue weighted by Gasteiger charge is -2.20. The number of anilines is 1. The number of thioether (sulfide) groups is 1. The maximum Gasteiger partial charge on any atom is 0.153 e. The van der Waals surface area contributed by atoms with Crippen molar-refractivity contribution in [2.45, 2.75) is 47.3 Å². The normalized spacial score (nSPS) is 10.2. The molecule has 0 saturated carbocycles. The fourth-order valence-electron chi connectivity index (χ4n) is 2.87. The predicted octanol–water partition coefficient (Wildman–Crippen LogP) is 5.85. The predicted molar refractivity (Wildman–Crippen MR) is 119 cm³/mol. The van der Waals surface area contributed by atoms with Crippen molar-refractivity contribution in [3.63, 3.8) is 0 Å². The minimum Gasteiger partial charge on any atom is -0.494 e. The van der Waals surface area contributed by atoms with Crippen LogP contribution in [0.3, 0.4) is 0 Å². The van der Waals surface area contributed by atoms with E-state index in [4.69, 9.17) is 15.2 Å². The highest BCUT2D eigenvalue weighted by Gasteiger charge is 2.27. The molecule has 0 amide bonds. The number of hydrogen-bond donors (Lipinski definition) is 1. The molecule has 0 spiro atoms. The van der Waals surface area contributed by atoms with Gasteiger partial charge in [-0.05, 0) is 24.3 Å². The smallest absolute Gasteiger partial charge is 0.153 e. The summed E-state index contributed by atoms with van der Waals surface area (Å²) in [5, 5.41) is 19.4. The zero-order valence-corrected chi connectivity index (χ0v) is 18.6. The second-order valence-corrected chi connectivity index (χ2v) is 8.40. The van der Waals surface area contributed by atoms with Gasteiger partial charge in [0.2, 0.25) is 0 Å². The van der Waals surface area contributed by atoms with Crippen molar-refractivity contribution in [1.29, 1.82) is 10.5 Å². The number of nitrogens with two attached hydrogens (primary N) is 1. The molecule has 29 heavy (non-hydrogen) atoms. The van der Waals surface area contributed by atoms with Gasteiger partial charge in [0.25, 0.3) is 0 Å². The number of rotatable bonds is 10. The molecule has 0 heterocycles. The molecule has 2 aromatic rings. The fourth-order valence-corrected chi connectivity index (χ4v) is 5.28. The molecule has 7 heteroatoms. The van der Waals surface area contributed by atoms with Crippen LogP contribution in [0.5, 0.6) is 11.5 Å². The second-order valence-electron chi connectivity index (χ2n) is 6.25. The third-order valence-corrected chi connectivity index (χ3v) is 6.82. The maximum absolute atomic E-state index is 9.71. The zero-order chi connectivity index (χ0) is 21.2. The van der Waals surface area contributed by atoms with Crippen molar-refractivity contribution in [2.75, 3.05) is 25.7 Å². The van der Waals surface area contributed by atoms with E-state index in [1.165, 1.54) is 38.8 Å². The summed E-state index contributed by atoms with van der Waals surface area (Å²) in [7, 11) is 3.04. The molecule has 0 aliphatic carbocycles. The van der Waals surface area contributed by atoms with Gasteiger partial charge in [-0.1, -0.05) is 50.1 Å². The van der Waals surface area contributed by atoms with Crippen molar-refractivity contribution in [3.05, 3.63) is 35.4 Å². The van der Waals surface area contributed by atoms with Crippen molar-refractivity contribution in [2.24, 2.45) is 0 Å². The Morgan fingerprint density at radius 3 is 2.10 bits per heavy atom. The summed E-state index contributed by atoms with van der Waals surface area (Å²) in [6, 6.07) is 11.8. The summed E-state index contributed by atoms with van der Waals surface area (Å²) in [6.45, 7) is 2.18. The monoisotopic (exact) mass is 427 g/mol. The van der Waals surface area contributed by atoms with E-state index in [-0.39, 0.29) is 11.1 Å². The molecule has 0 fully saturated rings. The van der Waals surface area contributed by atoms with Gasteiger partial charge in [0.1, 0.15) is 23.3 Å². The minimum absolute atomic E-state index is 0.180. The first-order valence-electron chi connectivity index (χ1n) is 9.40. The lowest BCUT2D eigenvalue weighted by molar-refractivity contribution is 0.381. The first-order valence-corrected chi connectivity index (χ1v) is 11.2. The molecule has 0 saturated heterocycles. The number of para-hydroxylation sites is 1. The number of unbranched alkanes of at least 4 members (excludes halogenated alkanes) is 3. The molecule has 0 unspecified atom stereocenters. The Balaban J connectivity index is 2.61. The number of hydrogen-bond acceptors (Lipinski definition) is 7. The van der Waals surface area contributed by atoms with Crippen LogP contribution < -0.4 is 15.2 Å². The number of nitriles is 2. The SMILES string of the molecule is CCCCCCSc1c(OC)c(C#N)c(C#N)c(OC)c1Sc1ccccc1N. The van der Waals surface area contributed by atoms with Crippen molar-refractivity contribution in [3.8, 4) is 23.6 Å². The van der Waals surface area contributed by atoms with E-state index in [1.807, 2.05) is 24.3 Å². The van der Waals surface area contributed by atoms with E-state index < -0.39 is 0 Å². The van der Waals surface area contributed by atoms with E-state index in [9.17, 15) is 10.5 Å². The van der Waals surface area contributed by atoms with Crippen LogP contribution in [-0.2, 0) is 0 Å². The van der Waals surface area contributed by atoms with Gasteiger partial charge in [0.05, 0.1) is 24.0 Å². The Morgan fingerprint density at radius 1 is 0.931 bits per heavy atom. The van der Waals surface area contributed by atoms with Crippen LogP contribution in [0.4, 0.5) is 5.69 Å². The molecule has 0 aliphatic rings. The fraction of sp³-hybridized carbons (Fsp3) is 0.364. The zero-order valence-electron chi connectivity index (χ0n) is 16.9. The molecule has 0 radical (unpaired) electrons. The van der Waals surface area contributed by atoms with Gasteiger partial charge >= 0.3 is 0 Å². The maximum atomic E-state index is 9.71. The Bertz CT molecular complexity index is 933. The summed E-state index contributed by atoms with van der Waals surface area (Å²) < 4.78 is 11.2. The van der Waals surface area contributed by atoms with E-state index >= 15 is 0 Å². The van der Waals surface area contributed by atoms with Crippen molar-refractivity contribution < 1.29 is 9.47 Å². The van der Waals surface area contributed by atoms with Gasteiger partial charge in [0, 0.05) is 10.6 Å². The van der Waals surface area contributed by atoms with E-state index in [1.54, 1.807) is 11.8 Å². The Morgan fingerprint density at radius 2 is 1.55 bits per heavy atom. The summed E-state index contributed by atoms with van der Waals surface area (Å²) in [4.78, 5) is 2.41. The van der Waals surface area contributed by atoms with Gasteiger partial charge in [-0.15, -0.1) is 11.8 Å². The van der Waals surface area contributed by atoms with Crippen LogP contribution in [-0.4, -0.2) is 20.0 Å². The number of benzene rings is 2. The van der Waals surface area contributed by atoms with E-state index in [0.29, 0.717) is 17.2 Å². The van der Waals surface area contributed by atoms with Crippen LogP contribution in [0, 0.1) is 22.7 Å². The number of nitrogen functional groups attached to an aromatic ring is 1. The molecule has 152 valence electrons. The molecule has 5 nitrogen and oxygen atoms in total. The third-order valence-electron chi connectivity index (χ3n) is 4.33. The summed E-state index contributed by atoms with van der Waals surface area (Å²) in [5.74, 6) is 1.69. The largest absolute Gasteiger partial charge is 0.494 e. The van der Waals surface area contributed by atoms with Crippen LogP contribution in [0.2, 0.25) is 0 Å². The van der Waals surface area contributed by atoms with Crippen molar-refractivity contribution in [1.82, 2.24) is 0 Å². The van der Waals surface area contributed by atoms with Gasteiger partial charge in [-0.25, -0.2) is 0 Å². The minimum atomic E-state index is 0.180.